The molecule has 3 N–H and O–H groups in total. The van der Waals surface area contributed by atoms with Crippen LogP contribution in [0.5, 0.6) is 5.75 Å². The number of hydroxylamine groups is 2. The molecular weight excluding hydrogens is 442 g/mol. The van der Waals surface area contributed by atoms with Crippen molar-refractivity contribution in [2.75, 3.05) is 24.8 Å². The number of ether oxygens (including phenoxy) is 1. The van der Waals surface area contributed by atoms with E-state index in [-0.39, 0.29) is 6.04 Å². The molecule has 0 bridgehead atoms. The van der Waals surface area contributed by atoms with E-state index in [2.05, 4.69) is 33.6 Å². The maximum Gasteiger partial charge on any atom is 0.231 e. The van der Waals surface area contributed by atoms with Crippen LogP contribution in [-0.4, -0.2) is 46.3 Å². The molecule has 9 nitrogen and oxygen atoms in total. The molecule has 0 spiro atoms. The molecule has 2 aliphatic rings. The summed E-state index contributed by atoms with van der Waals surface area (Å²) < 4.78 is 5.71. The van der Waals surface area contributed by atoms with E-state index in [1.165, 1.54) is 19.3 Å². The molecule has 3 heterocycles. The highest BCUT2D eigenvalue weighted by molar-refractivity contribution is 5.94. The Morgan fingerprint density at radius 2 is 2.03 bits per heavy atom. The average molecular weight is 474 g/mol. The van der Waals surface area contributed by atoms with Crippen LogP contribution in [0, 0.1) is 11.3 Å². The van der Waals surface area contributed by atoms with Crippen molar-refractivity contribution in [3.8, 4) is 11.8 Å². The van der Waals surface area contributed by atoms with Crippen LogP contribution < -0.4 is 15.4 Å². The van der Waals surface area contributed by atoms with Gasteiger partial charge in [0.25, 0.3) is 0 Å². The van der Waals surface area contributed by atoms with Gasteiger partial charge in [-0.05, 0) is 44.4 Å². The number of rotatable bonds is 6. The van der Waals surface area contributed by atoms with Crippen LogP contribution in [0.15, 0.2) is 30.2 Å². The molecule has 0 saturated heterocycles. The van der Waals surface area contributed by atoms with Crippen molar-refractivity contribution in [2.45, 2.75) is 58.0 Å². The SMILES string of the molecule is COc1cc(C2=C(C)ON(C)C2C)ccc1Nc1nc(NC2CCCCC2)c2c(C#N)c[nH]c2n1. The third-order valence-corrected chi connectivity index (χ3v) is 6.98. The zero-order valence-electron chi connectivity index (χ0n) is 20.6. The molecule has 1 aliphatic heterocycles. The standard InChI is InChI=1S/C26H31N7O2/c1-15-22(16(2)35-33(15)3)17-10-11-20(21(12-17)34-4)30-26-31-24-23(18(13-27)14-28-24)25(32-26)29-19-8-6-5-7-9-19/h10-12,14-15,19H,5-9H2,1-4H3,(H3,28,29,30,31,32). The first-order valence-electron chi connectivity index (χ1n) is 12.1. The monoisotopic (exact) mass is 473 g/mol. The minimum atomic E-state index is 0.139. The lowest BCUT2D eigenvalue weighted by Gasteiger charge is -2.24. The normalized spacial score (nSPS) is 19.0. The smallest absolute Gasteiger partial charge is 0.231 e. The van der Waals surface area contributed by atoms with Gasteiger partial charge in [-0.2, -0.15) is 15.2 Å². The largest absolute Gasteiger partial charge is 0.495 e. The summed E-state index contributed by atoms with van der Waals surface area (Å²) >= 11 is 0. The number of fused-ring (bicyclic) bond motifs is 1. The average Bonchev–Trinajstić information content (AvgIpc) is 3.39. The number of methoxy groups -OCH3 is 1. The van der Waals surface area contributed by atoms with E-state index < -0.39 is 0 Å². The third kappa shape index (κ3) is 4.37. The van der Waals surface area contributed by atoms with E-state index in [1.807, 2.05) is 37.2 Å². The lowest BCUT2D eigenvalue weighted by Crippen LogP contribution is -2.23. The van der Waals surface area contributed by atoms with Crippen LogP contribution in [0.1, 0.15) is 57.1 Å². The van der Waals surface area contributed by atoms with Crippen LogP contribution in [0.25, 0.3) is 16.6 Å². The van der Waals surface area contributed by atoms with E-state index in [0.717, 1.165) is 40.8 Å². The number of hydrogen-bond acceptors (Lipinski definition) is 8. The van der Waals surface area contributed by atoms with E-state index >= 15 is 0 Å². The number of allylic oxidation sites excluding steroid dienone is 1. The van der Waals surface area contributed by atoms with Gasteiger partial charge >= 0.3 is 0 Å². The van der Waals surface area contributed by atoms with Crippen LogP contribution in [0.4, 0.5) is 17.5 Å². The number of anilines is 3. The van der Waals surface area contributed by atoms with Gasteiger partial charge in [0.2, 0.25) is 5.95 Å². The quantitative estimate of drug-likeness (QED) is 0.441. The number of hydrogen-bond donors (Lipinski definition) is 3. The third-order valence-electron chi connectivity index (χ3n) is 6.98. The van der Waals surface area contributed by atoms with Gasteiger partial charge in [0, 0.05) is 24.9 Å². The van der Waals surface area contributed by atoms with Gasteiger partial charge in [-0.25, -0.2) is 0 Å². The van der Waals surface area contributed by atoms with Gasteiger partial charge in [0.1, 0.15) is 29.0 Å². The fraction of sp³-hybridized carbons (Fsp3) is 0.423. The predicted octanol–water partition coefficient (Wildman–Crippen LogP) is 5.32. The van der Waals surface area contributed by atoms with E-state index in [4.69, 9.17) is 14.6 Å². The highest BCUT2D eigenvalue weighted by Gasteiger charge is 2.28. The van der Waals surface area contributed by atoms with Crippen LogP contribution >= 0.6 is 0 Å². The van der Waals surface area contributed by atoms with Gasteiger partial charge in [0.05, 0.1) is 29.8 Å². The van der Waals surface area contributed by atoms with Gasteiger partial charge < -0.3 is 25.2 Å². The summed E-state index contributed by atoms with van der Waals surface area (Å²) in [5.41, 5.74) is 4.08. The second-order valence-electron chi connectivity index (χ2n) is 9.24. The molecule has 0 amide bonds. The summed E-state index contributed by atoms with van der Waals surface area (Å²) in [6.07, 6.45) is 7.56. The zero-order valence-corrected chi connectivity index (χ0v) is 20.6. The summed E-state index contributed by atoms with van der Waals surface area (Å²) in [5, 5.41) is 19.1. The van der Waals surface area contributed by atoms with Crippen LogP contribution in [0.2, 0.25) is 0 Å². The Kier molecular flexibility index (Phi) is 6.22. The Bertz CT molecular complexity index is 1320. The fourth-order valence-electron chi connectivity index (χ4n) is 5.07. The Labute approximate surface area is 205 Å². The Morgan fingerprint density at radius 3 is 2.71 bits per heavy atom. The minimum Gasteiger partial charge on any atom is -0.495 e. The molecule has 9 heteroatoms. The molecule has 182 valence electrons. The maximum absolute atomic E-state index is 9.60. The molecule has 1 unspecified atom stereocenters. The van der Waals surface area contributed by atoms with Crippen molar-refractivity contribution in [1.29, 1.82) is 5.26 Å². The number of likely N-dealkylation sites (N-methyl/N-ethyl adjacent to an activating group) is 1. The van der Waals surface area contributed by atoms with E-state index in [0.29, 0.717) is 34.8 Å². The first kappa shape index (κ1) is 23.0. The Morgan fingerprint density at radius 1 is 1.23 bits per heavy atom. The number of nitriles is 1. The molecule has 1 aromatic carbocycles. The number of aromatic nitrogens is 3. The van der Waals surface area contributed by atoms with Crippen LogP contribution in [-0.2, 0) is 4.84 Å². The van der Waals surface area contributed by atoms with E-state index in [1.54, 1.807) is 13.3 Å². The van der Waals surface area contributed by atoms with E-state index in [9.17, 15) is 5.26 Å². The molecule has 0 radical (unpaired) electrons. The van der Waals surface area contributed by atoms with Crippen molar-refractivity contribution in [3.63, 3.8) is 0 Å². The Balaban J connectivity index is 1.48. The lowest BCUT2D eigenvalue weighted by atomic mass is 9.95. The molecular formula is C26H31N7O2. The summed E-state index contributed by atoms with van der Waals surface area (Å²) in [6, 6.07) is 8.75. The lowest BCUT2D eigenvalue weighted by molar-refractivity contribution is -0.0883. The van der Waals surface area contributed by atoms with Gasteiger partial charge in [-0.3, -0.25) is 0 Å². The molecule has 1 fully saturated rings. The predicted molar refractivity (Wildman–Crippen MR) is 136 cm³/mol. The van der Waals surface area contributed by atoms with Crippen molar-refractivity contribution < 1.29 is 9.57 Å². The summed E-state index contributed by atoms with van der Waals surface area (Å²) in [7, 11) is 3.58. The maximum atomic E-state index is 9.60. The first-order valence-corrected chi connectivity index (χ1v) is 12.1. The number of nitrogens with one attached hydrogen (secondary N) is 3. The summed E-state index contributed by atoms with van der Waals surface area (Å²) in [4.78, 5) is 18.3. The minimum absolute atomic E-state index is 0.139. The molecule has 1 aliphatic carbocycles. The molecule has 1 saturated carbocycles. The molecule has 5 rings (SSSR count). The number of H-pyrrole nitrogens is 1. The topological polar surface area (TPSA) is 111 Å². The number of aromatic amines is 1. The van der Waals surface area contributed by atoms with Gasteiger partial charge in [0.15, 0.2) is 0 Å². The molecule has 2 aromatic heterocycles. The number of nitrogens with zero attached hydrogens (tertiary/aromatic N) is 4. The van der Waals surface area contributed by atoms with Crippen LogP contribution in [0.3, 0.4) is 0 Å². The molecule has 35 heavy (non-hydrogen) atoms. The highest BCUT2D eigenvalue weighted by Crippen LogP contribution is 2.37. The highest BCUT2D eigenvalue weighted by atomic mass is 16.7. The second kappa shape index (κ2) is 9.47. The van der Waals surface area contributed by atoms with Gasteiger partial charge in [-0.15, -0.1) is 5.06 Å². The zero-order chi connectivity index (χ0) is 24.5. The molecule has 3 aromatic rings. The summed E-state index contributed by atoms with van der Waals surface area (Å²) in [6.45, 7) is 4.09. The first-order chi connectivity index (χ1) is 17.0. The van der Waals surface area contributed by atoms with Crippen molar-refractivity contribution in [2.24, 2.45) is 0 Å². The van der Waals surface area contributed by atoms with Gasteiger partial charge in [-0.1, -0.05) is 25.3 Å². The fourth-order valence-corrected chi connectivity index (χ4v) is 5.07. The molecule has 1 atom stereocenters. The van der Waals surface area contributed by atoms with Crippen molar-refractivity contribution in [3.05, 3.63) is 41.3 Å². The number of benzene rings is 1. The second-order valence-corrected chi connectivity index (χ2v) is 9.24. The Hall–Kier alpha value is -3.77. The van der Waals surface area contributed by atoms with Crippen molar-refractivity contribution >= 4 is 34.1 Å². The van der Waals surface area contributed by atoms with Crippen molar-refractivity contribution in [1.82, 2.24) is 20.0 Å². The summed E-state index contributed by atoms with van der Waals surface area (Å²) in [5.74, 6) is 2.67.